The highest BCUT2D eigenvalue weighted by Crippen LogP contribution is 2.18. The fourth-order valence-corrected chi connectivity index (χ4v) is 2.27. The number of H-pyrrole nitrogens is 1. The van der Waals surface area contributed by atoms with E-state index in [2.05, 4.69) is 15.3 Å². The lowest BCUT2D eigenvalue weighted by Crippen LogP contribution is -2.29. The molecule has 26 heavy (non-hydrogen) atoms. The number of aromatic amines is 1. The monoisotopic (exact) mass is 356 g/mol. The molecule has 0 aliphatic carbocycles. The third-order valence-electron chi connectivity index (χ3n) is 3.85. The van der Waals surface area contributed by atoms with E-state index in [-0.39, 0.29) is 23.6 Å². The molecule has 0 bridgehead atoms. The topological polar surface area (TPSA) is 95.2 Å². The zero-order valence-corrected chi connectivity index (χ0v) is 15.7. The minimum Gasteiger partial charge on any atom is -0.347 e. The SMILES string of the molecule is CN(C)C(=O)c1ccc(CNC(=O)c2cc(C(C)(C)C)[nH]c(=O)n2)cc1. The molecule has 0 spiro atoms. The van der Waals surface area contributed by atoms with Gasteiger partial charge in [-0.25, -0.2) is 4.79 Å². The molecule has 2 amide bonds. The molecule has 1 heterocycles. The normalized spacial score (nSPS) is 11.1. The first-order chi connectivity index (χ1) is 12.1. The predicted octanol–water partition coefficient (Wildman–Crippen LogP) is 1.70. The largest absolute Gasteiger partial charge is 0.347 e. The van der Waals surface area contributed by atoms with Gasteiger partial charge in [0.15, 0.2) is 0 Å². The van der Waals surface area contributed by atoms with Crippen molar-refractivity contribution < 1.29 is 9.59 Å². The molecule has 0 fully saturated rings. The summed E-state index contributed by atoms with van der Waals surface area (Å²) in [6, 6.07) is 8.58. The molecular formula is C19H24N4O3. The van der Waals surface area contributed by atoms with E-state index in [0.29, 0.717) is 11.3 Å². The van der Waals surface area contributed by atoms with Crippen LogP contribution in [0.2, 0.25) is 0 Å². The Morgan fingerprint density at radius 3 is 2.31 bits per heavy atom. The molecular weight excluding hydrogens is 332 g/mol. The van der Waals surface area contributed by atoms with Crippen LogP contribution in [-0.4, -0.2) is 40.8 Å². The number of rotatable bonds is 4. The molecule has 0 aliphatic heterocycles. The molecule has 2 aromatic rings. The summed E-state index contributed by atoms with van der Waals surface area (Å²) in [5, 5.41) is 2.74. The van der Waals surface area contributed by atoms with Gasteiger partial charge >= 0.3 is 5.69 Å². The summed E-state index contributed by atoms with van der Waals surface area (Å²) in [7, 11) is 3.38. The summed E-state index contributed by atoms with van der Waals surface area (Å²) in [5.74, 6) is -0.502. The lowest BCUT2D eigenvalue weighted by atomic mass is 9.91. The van der Waals surface area contributed by atoms with Gasteiger partial charge in [0.2, 0.25) is 0 Å². The number of carbonyl (C=O) groups is 2. The van der Waals surface area contributed by atoms with Crippen molar-refractivity contribution in [2.75, 3.05) is 14.1 Å². The van der Waals surface area contributed by atoms with E-state index >= 15 is 0 Å². The Morgan fingerprint density at radius 2 is 1.77 bits per heavy atom. The zero-order valence-electron chi connectivity index (χ0n) is 15.7. The third-order valence-corrected chi connectivity index (χ3v) is 3.85. The van der Waals surface area contributed by atoms with E-state index in [9.17, 15) is 14.4 Å². The number of aromatic nitrogens is 2. The number of carbonyl (C=O) groups excluding carboxylic acids is 2. The van der Waals surface area contributed by atoms with Crippen LogP contribution < -0.4 is 11.0 Å². The molecule has 0 saturated heterocycles. The Labute approximate surface area is 152 Å². The third kappa shape index (κ3) is 4.78. The standard InChI is InChI=1S/C19H24N4O3/c1-19(2,3)15-10-14(21-18(26)22-15)16(24)20-11-12-6-8-13(9-7-12)17(25)23(4)5/h6-10H,11H2,1-5H3,(H,20,24)(H,21,22,26). The summed E-state index contributed by atoms with van der Waals surface area (Å²) < 4.78 is 0. The van der Waals surface area contributed by atoms with Gasteiger partial charge in [-0.3, -0.25) is 9.59 Å². The first-order valence-electron chi connectivity index (χ1n) is 8.28. The van der Waals surface area contributed by atoms with Gasteiger partial charge in [-0.15, -0.1) is 0 Å². The Kier molecular flexibility index (Phi) is 5.59. The number of benzene rings is 1. The van der Waals surface area contributed by atoms with Crippen LogP contribution in [0, 0.1) is 0 Å². The van der Waals surface area contributed by atoms with Crippen molar-refractivity contribution in [1.29, 1.82) is 0 Å². The van der Waals surface area contributed by atoms with Gasteiger partial charge in [-0.1, -0.05) is 32.9 Å². The Bertz CT molecular complexity index is 862. The lowest BCUT2D eigenvalue weighted by molar-refractivity contribution is 0.0827. The fourth-order valence-electron chi connectivity index (χ4n) is 2.27. The molecule has 0 saturated carbocycles. The number of amides is 2. The van der Waals surface area contributed by atoms with Gasteiger partial charge < -0.3 is 15.2 Å². The smallest absolute Gasteiger partial charge is 0.345 e. The average Bonchev–Trinajstić information content (AvgIpc) is 2.58. The van der Waals surface area contributed by atoms with Crippen molar-refractivity contribution in [3.8, 4) is 0 Å². The molecule has 7 nitrogen and oxygen atoms in total. The maximum atomic E-state index is 12.3. The second kappa shape index (κ2) is 7.51. The van der Waals surface area contributed by atoms with E-state index in [0.717, 1.165) is 5.56 Å². The van der Waals surface area contributed by atoms with Crippen molar-refractivity contribution in [3.05, 3.63) is 63.3 Å². The number of hydrogen-bond donors (Lipinski definition) is 2. The highest BCUT2D eigenvalue weighted by Gasteiger charge is 2.18. The molecule has 2 rings (SSSR count). The molecule has 0 aliphatic rings. The van der Waals surface area contributed by atoms with Gasteiger partial charge in [0, 0.05) is 37.3 Å². The van der Waals surface area contributed by atoms with Gasteiger partial charge in [0.25, 0.3) is 11.8 Å². The molecule has 0 radical (unpaired) electrons. The molecule has 2 N–H and O–H groups in total. The quantitative estimate of drug-likeness (QED) is 0.872. The highest BCUT2D eigenvalue weighted by molar-refractivity contribution is 5.94. The Balaban J connectivity index is 2.08. The first kappa shape index (κ1) is 19.4. The highest BCUT2D eigenvalue weighted by atomic mass is 16.2. The second-order valence-electron chi connectivity index (χ2n) is 7.31. The van der Waals surface area contributed by atoms with Gasteiger partial charge in [-0.2, -0.15) is 4.98 Å². The van der Waals surface area contributed by atoms with Crippen molar-refractivity contribution in [3.63, 3.8) is 0 Å². The first-order valence-corrected chi connectivity index (χ1v) is 8.28. The summed E-state index contributed by atoms with van der Waals surface area (Å²) in [6.45, 7) is 6.10. The minimum absolute atomic E-state index is 0.0805. The van der Waals surface area contributed by atoms with E-state index in [1.54, 1.807) is 44.4 Å². The van der Waals surface area contributed by atoms with Crippen LogP contribution in [0.25, 0.3) is 0 Å². The summed E-state index contributed by atoms with van der Waals surface area (Å²) in [5.41, 5.74) is 1.30. The van der Waals surface area contributed by atoms with Crippen molar-refractivity contribution in [2.45, 2.75) is 32.7 Å². The minimum atomic E-state index is -0.547. The predicted molar refractivity (Wildman–Crippen MR) is 99.2 cm³/mol. The molecule has 0 atom stereocenters. The summed E-state index contributed by atoms with van der Waals surface area (Å²) >= 11 is 0. The summed E-state index contributed by atoms with van der Waals surface area (Å²) in [4.78, 5) is 43.8. The van der Waals surface area contributed by atoms with Crippen LogP contribution in [0.4, 0.5) is 0 Å². The average molecular weight is 356 g/mol. The van der Waals surface area contributed by atoms with Crippen LogP contribution >= 0.6 is 0 Å². The zero-order chi connectivity index (χ0) is 19.5. The fraction of sp³-hybridized carbons (Fsp3) is 0.368. The Morgan fingerprint density at radius 1 is 1.15 bits per heavy atom. The molecule has 7 heteroatoms. The number of hydrogen-bond acceptors (Lipinski definition) is 4. The molecule has 1 aromatic heterocycles. The molecule has 1 aromatic carbocycles. The van der Waals surface area contributed by atoms with E-state index in [1.807, 2.05) is 20.8 Å². The number of nitrogens with zero attached hydrogens (tertiary/aromatic N) is 2. The van der Waals surface area contributed by atoms with Crippen molar-refractivity contribution in [2.24, 2.45) is 0 Å². The van der Waals surface area contributed by atoms with E-state index in [4.69, 9.17) is 0 Å². The van der Waals surface area contributed by atoms with Gasteiger partial charge in [0.05, 0.1) is 0 Å². The maximum Gasteiger partial charge on any atom is 0.345 e. The second-order valence-corrected chi connectivity index (χ2v) is 7.31. The van der Waals surface area contributed by atoms with Crippen LogP contribution in [-0.2, 0) is 12.0 Å². The van der Waals surface area contributed by atoms with E-state index < -0.39 is 11.6 Å². The van der Waals surface area contributed by atoms with Crippen LogP contribution in [0.5, 0.6) is 0 Å². The molecule has 138 valence electrons. The van der Waals surface area contributed by atoms with E-state index in [1.165, 1.54) is 4.90 Å². The van der Waals surface area contributed by atoms with Gasteiger partial charge in [-0.05, 0) is 23.8 Å². The van der Waals surface area contributed by atoms with Crippen LogP contribution in [0.15, 0.2) is 35.1 Å². The molecule has 0 unspecified atom stereocenters. The van der Waals surface area contributed by atoms with Crippen molar-refractivity contribution >= 4 is 11.8 Å². The van der Waals surface area contributed by atoms with Gasteiger partial charge in [0.1, 0.15) is 5.69 Å². The Hall–Kier alpha value is -2.96. The van der Waals surface area contributed by atoms with Crippen LogP contribution in [0.3, 0.4) is 0 Å². The number of nitrogens with one attached hydrogen (secondary N) is 2. The van der Waals surface area contributed by atoms with Crippen LogP contribution in [0.1, 0.15) is 52.9 Å². The van der Waals surface area contributed by atoms with Crippen molar-refractivity contribution in [1.82, 2.24) is 20.2 Å². The lowest BCUT2D eigenvalue weighted by Gasteiger charge is -2.18. The summed E-state index contributed by atoms with van der Waals surface area (Å²) in [6.07, 6.45) is 0. The maximum absolute atomic E-state index is 12.3.